The molecular weight excluding hydrogens is 385 g/mol. The first kappa shape index (κ1) is 18.8. The summed E-state index contributed by atoms with van der Waals surface area (Å²) in [5.74, 6) is -0.497. The Labute approximate surface area is 151 Å². The first-order valence-electron chi connectivity index (χ1n) is 7.44. The fraction of sp³-hybridized carbons (Fsp3) is 0.133. The third-order valence-electron chi connectivity index (χ3n) is 3.41. The van der Waals surface area contributed by atoms with Crippen LogP contribution in [-0.4, -0.2) is 28.6 Å². The topological polar surface area (TPSA) is 116 Å². The van der Waals surface area contributed by atoms with E-state index in [1.165, 1.54) is 12.1 Å². The molecule has 1 aromatic heterocycles. The Bertz CT molecular complexity index is 1050. The lowest BCUT2D eigenvalue weighted by molar-refractivity contribution is -0.137. The van der Waals surface area contributed by atoms with Crippen LogP contribution in [0.4, 0.5) is 24.5 Å². The maximum atomic E-state index is 12.7. The lowest BCUT2D eigenvalue weighted by atomic mass is 10.1. The van der Waals surface area contributed by atoms with Crippen LogP contribution in [0.5, 0.6) is 0 Å². The van der Waals surface area contributed by atoms with Gasteiger partial charge in [0.15, 0.2) is 5.88 Å². The van der Waals surface area contributed by atoms with Gasteiger partial charge in [-0.15, -0.1) is 15.0 Å². The molecule has 0 saturated carbocycles. The molecule has 0 aliphatic heterocycles. The van der Waals surface area contributed by atoms with E-state index in [0.29, 0.717) is 16.9 Å². The van der Waals surface area contributed by atoms with Gasteiger partial charge in [-0.3, -0.25) is 0 Å². The molecular formula is C15H13F3N6O2S. The van der Waals surface area contributed by atoms with E-state index in [0.717, 1.165) is 16.9 Å². The summed E-state index contributed by atoms with van der Waals surface area (Å²) >= 11 is 0. The Morgan fingerprint density at radius 1 is 1.07 bits per heavy atom. The Kier molecular flexibility index (Phi) is 4.85. The molecule has 0 amide bonds. The van der Waals surface area contributed by atoms with Gasteiger partial charge in [0.05, 0.1) is 5.56 Å². The average Bonchev–Trinajstić information content (AvgIpc) is 3.01. The van der Waals surface area contributed by atoms with Gasteiger partial charge in [-0.1, -0.05) is 12.1 Å². The van der Waals surface area contributed by atoms with E-state index in [1.807, 2.05) is 0 Å². The highest BCUT2D eigenvalue weighted by Crippen LogP contribution is 2.32. The van der Waals surface area contributed by atoms with Crippen molar-refractivity contribution in [1.29, 1.82) is 0 Å². The van der Waals surface area contributed by atoms with Crippen molar-refractivity contribution >= 4 is 21.4 Å². The second kappa shape index (κ2) is 6.96. The number of rotatable bonds is 5. The molecule has 0 aliphatic carbocycles. The number of nitrogens with one attached hydrogen (secondary N) is 1. The van der Waals surface area contributed by atoms with Crippen molar-refractivity contribution in [2.24, 2.45) is 5.14 Å². The molecule has 0 atom stereocenters. The molecule has 1 heterocycles. The van der Waals surface area contributed by atoms with Crippen LogP contribution in [-0.2, 0) is 22.1 Å². The van der Waals surface area contributed by atoms with Gasteiger partial charge in [0.2, 0.25) is 15.8 Å². The third-order valence-corrected chi connectivity index (χ3v) is 4.00. The van der Waals surface area contributed by atoms with Crippen LogP contribution in [0.1, 0.15) is 5.56 Å². The molecule has 0 aliphatic rings. The predicted molar refractivity (Wildman–Crippen MR) is 91.1 cm³/mol. The third kappa shape index (κ3) is 4.80. The quantitative estimate of drug-likeness (QED) is 0.682. The minimum absolute atomic E-state index is 0.133. The van der Waals surface area contributed by atoms with Crippen LogP contribution in [0, 0.1) is 0 Å². The summed E-state index contributed by atoms with van der Waals surface area (Å²) < 4.78 is 60.2. The summed E-state index contributed by atoms with van der Waals surface area (Å²) in [6.07, 6.45) is -4.41. The number of hydrogen-bond donors (Lipinski definition) is 2. The van der Waals surface area contributed by atoms with Gasteiger partial charge in [0.25, 0.3) is 0 Å². The molecule has 27 heavy (non-hydrogen) atoms. The molecule has 142 valence electrons. The normalized spacial score (nSPS) is 12.1. The fourth-order valence-electron chi connectivity index (χ4n) is 2.25. The van der Waals surface area contributed by atoms with Crippen molar-refractivity contribution in [1.82, 2.24) is 20.2 Å². The van der Waals surface area contributed by atoms with Crippen LogP contribution in [0.25, 0.3) is 11.4 Å². The number of sulfonamides is 1. The summed E-state index contributed by atoms with van der Waals surface area (Å²) in [5.41, 5.74) is 0.659. The molecule has 0 radical (unpaired) electrons. The number of alkyl halides is 3. The standard InChI is InChI=1S/C15H13F3N6O2S/c16-15(17,18)10-5-7-11(8-6-10)20-13-4-2-1-3-12(13)14-21-23-24(22-14)9-27(19,25)26/h1-8,20H,9H2,(H2,19,25,26). The number of anilines is 2. The van der Waals surface area contributed by atoms with Crippen LogP contribution >= 0.6 is 0 Å². The number of para-hydroxylation sites is 1. The molecule has 0 bridgehead atoms. The lowest BCUT2D eigenvalue weighted by Crippen LogP contribution is -2.20. The Hall–Kier alpha value is -2.99. The minimum atomic E-state index is -4.41. The second-order valence-electron chi connectivity index (χ2n) is 5.52. The van der Waals surface area contributed by atoms with Gasteiger partial charge < -0.3 is 5.32 Å². The molecule has 0 saturated heterocycles. The molecule has 0 spiro atoms. The number of nitrogens with zero attached hydrogens (tertiary/aromatic N) is 4. The van der Waals surface area contributed by atoms with Crippen molar-refractivity contribution in [2.45, 2.75) is 12.1 Å². The maximum Gasteiger partial charge on any atom is 0.416 e. The Morgan fingerprint density at radius 3 is 2.37 bits per heavy atom. The van der Waals surface area contributed by atoms with E-state index in [-0.39, 0.29) is 5.82 Å². The van der Waals surface area contributed by atoms with Crippen LogP contribution in [0.15, 0.2) is 48.5 Å². The number of tetrazole rings is 1. The molecule has 3 N–H and O–H groups in total. The number of primary sulfonamides is 1. The van der Waals surface area contributed by atoms with Gasteiger partial charge in [0.1, 0.15) is 0 Å². The zero-order valence-corrected chi connectivity index (χ0v) is 14.4. The molecule has 3 aromatic rings. The van der Waals surface area contributed by atoms with Gasteiger partial charge in [-0.25, -0.2) is 13.6 Å². The van der Waals surface area contributed by atoms with E-state index in [1.54, 1.807) is 24.3 Å². The molecule has 2 aromatic carbocycles. The number of halogens is 3. The molecule has 3 rings (SSSR count). The number of hydrogen-bond acceptors (Lipinski definition) is 6. The molecule has 8 nitrogen and oxygen atoms in total. The highest BCUT2D eigenvalue weighted by atomic mass is 32.2. The van der Waals surface area contributed by atoms with Crippen molar-refractivity contribution in [3.63, 3.8) is 0 Å². The van der Waals surface area contributed by atoms with E-state index in [2.05, 4.69) is 20.7 Å². The maximum absolute atomic E-state index is 12.7. The predicted octanol–water partition coefficient (Wildman–Crippen LogP) is 2.35. The summed E-state index contributed by atoms with van der Waals surface area (Å²) in [7, 11) is -3.83. The summed E-state index contributed by atoms with van der Waals surface area (Å²) in [6, 6.07) is 11.3. The van der Waals surface area contributed by atoms with E-state index in [4.69, 9.17) is 5.14 Å². The van der Waals surface area contributed by atoms with Crippen LogP contribution in [0.3, 0.4) is 0 Å². The smallest absolute Gasteiger partial charge is 0.355 e. The Morgan fingerprint density at radius 2 is 1.74 bits per heavy atom. The van der Waals surface area contributed by atoms with Crippen molar-refractivity contribution in [3.05, 3.63) is 54.1 Å². The summed E-state index contributed by atoms with van der Waals surface area (Å²) in [5, 5.41) is 19.3. The van der Waals surface area contributed by atoms with E-state index >= 15 is 0 Å². The largest absolute Gasteiger partial charge is 0.416 e. The number of aromatic nitrogens is 4. The number of nitrogens with two attached hydrogens (primary N) is 1. The highest BCUT2D eigenvalue weighted by Gasteiger charge is 2.29. The molecule has 0 fully saturated rings. The summed E-state index contributed by atoms with van der Waals surface area (Å²) in [6.45, 7) is 0. The zero-order valence-electron chi connectivity index (χ0n) is 13.6. The summed E-state index contributed by atoms with van der Waals surface area (Å²) in [4.78, 5) is 0.833. The zero-order chi connectivity index (χ0) is 19.7. The molecule has 0 unspecified atom stereocenters. The monoisotopic (exact) mass is 398 g/mol. The van der Waals surface area contributed by atoms with Crippen LogP contribution in [0.2, 0.25) is 0 Å². The van der Waals surface area contributed by atoms with Crippen molar-refractivity contribution in [2.75, 3.05) is 5.32 Å². The average molecular weight is 398 g/mol. The first-order chi connectivity index (χ1) is 12.6. The fourth-order valence-corrected chi connectivity index (χ4v) is 2.68. The van der Waals surface area contributed by atoms with Gasteiger partial charge >= 0.3 is 6.18 Å². The molecule has 12 heteroatoms. The number of benzene rings is 2. The van der Waals surface area contributed by atoms with Crippen molar-refractivity contribution in [3.8, 4) is 11.4 Å². The van der Waals surface area contributed by atoms with Gasteiger partial charge in [-0.2, -0.15) is 13.2 Å². The SMILES string of the molecule is NS(=O)(=O)Cn1nnc(-c2ccccc2Nc2ccc(C(F)(F)F)cc2)n1. The second-order valence-corrected chi connectivity index (χ2v) is 7.11. The Balaban J connectivity index is 1.86. The van der Waals surface area contributed by atoms with Crippen molar-refractivity contribution < 1.29 is 21.6 Å². The van der Waals surface area contributed by atoms with Gasteiger partial charge in [0, 0.05) is 16.9 Å². The minimum Gasteiger partial charge on any atom is -0.355 e. The highest BCUT2D eigenvalue weighted by molar-refractivity contribution is 7.88. The lowest BCUT2D eigenvalue weighted by Gasteiger charge is -2.11. The van der Waals surface area contributed by atoms with E-state index < -0.39 is 27.6 Å². The van der Waals surface area contributed by atoms with E-state index in [9.17, 15) is 21.6 Å². The first-order valence-corrected chi connectivity index (χ1v) is 9.15. The van der Waals surface area contributed by atoms with Crippen LogP contribution < -0.4 is 10.5 Å². The van der Waals surface area contributed by atoms with Gasteiger partial charge in [-0.05, 0) is 41.6 Å².